The summed E-state index contributed by atoms with van der Waals surface area (Å²) in [5, 5.41) is 3.25. The number of likely N-dealkylation sites (N-methyl/N-ethyl adjacent to an activating group) is 1. The van der Waals surface area contributed by atoms with Gasteiger partial charge in [-0.05, 0) is 24.7 Å². The highest BCUT2D eigenvalue weighted by Gasteiger charge is 2.29. The second-order valence-electron chi connectivity index (χ2n) is 5.36. The van der Waals surface area contributed by atoms with Crippen molar-refractivity contribution < 1.29 is 4.79 Å². The van der Waals surface area contributed by atoms with Crippen LogP contribution in [0.5, 0.6) is 0 Å². The predicted octanol–water partition coefficient (Wildman–Crippen LogP) is 1.63. The summed E-state index contributed by atoms with van der Waals surface area (Å²) < 4.78 is 0. The summed E-state index contributed by atoms with van der Waals surface area (Å²) in [6, 6.07) is 0.526. The molecule has 0 heterocycles. The van der Waals surface area contributed by atoms with Crippen molar-refractivity contribution in [2.24, 2.45) is 5.41 Å². The van der Waals surface area contributed by atoms with Gasteiger partial charge in [-0.2, -0.15) is 0 Å². The normalized spacial score (nSPS) is 16.5. The summed E-state index contributed by atoms with van der Waals surface area (Å²) in [5.74, 6) is 0.226. The number of nitrogens with zero attached hydrogens (tertiary/aromatic N) is 1. The Kier molecular flexibility index (Phi) is 4.14. The van der Waals surface area contributed by atoms with E-state index < -0.39 is 0 Å². The molecule has 0 spiro atoms. The van der Waals surface area contributed by atoms with E-state index in [0.717, 1.165) is 13.0 Å². The van der Waals surface area contributed by atoms with E-state index >= 15 is 0 Å². The smallest absolute Gasteiger partial charge is 0.236 e. The maximum atomic E-state index is 11.7. The van der Waals surface area contributed by atoms with Crippen LogP contribution < -0.4 is 5.32 Å². The Hall–Kier alpha value is -0.570. The van der Waals surface area contributed by atoms with Gasteiger partial charge in [0.05, 0.1) is 6.54 Å². The monoisotopic (exact) mass is 212 g/mol. The molecule has 0 aliphatic heterocycles. The lowest BCUT2D eigenvalue weighted by Crippen LogP contribution is -2.39. The molecule has 0 saturated heterocycles. The van der Waals surface area contributed by atoms with Crippen LogP contribution in [0.1, 0.15) is 40.0 Å². The Bertz CT molecular complexity index is 222. The summed E-state index contributed by atoms with van der Waals surface area (Å²) in [6.45, 7) is 8.01. The van der Waals surface area contributed by atoms with Gasteiger partial charge in [-0.25, -0.2) is 0 Å². The van der Waals surface area contributed by atoms with Gasteiger partial charge in [0.25, 0.3) is 0 Å². The fourth-order valence-electron chi connectivity index (χ4n) is 1.42. The van der Waals surface area contributed by atoms with Gasteiger partial charge in [0.15, 0.2) is 0 Å². The molecule has 0 unspecified atom stereocenters. The van der Waals surface area contributed by atoms with E-state index in [4.69, 9.17) is 0 Å². The van der Waals surface area contributed by atoms with Crippen molar-refractivity contribution in [3.8, 4) is 0 Å². The minimum absolute atomic E-state index is 0.226. The summed E-state index contributed by atoms with van der Waals surface area (Å²) >= 11 is 0. The zero-order valence-corrected chi connectivity index (χ0v) is 10.5. The lowest BCUT2D eigenvalue weighted by Gasteiger charge is -2.24. The fourth-order valence-corrected chi connectivity index (χ4v) is 1.42. The standard InChI is InChI=1S/C12H24N2O/c1-5-12(2,3)9-13-8-11(15)14(4)10-6-7-10/h10,13H,5-9H2,1-4H3. The van der Waals surface area contributed by atoms with Gasteiger partial charge in [-0.1, -0.05) is 20.8 Å². The second-order valence-corrected chi connectivity index (χ2v) is 5.36. The second kappa shape index (κ2) is 4.97. The number of nitrogens with one attached hydrogen (secondary N) is 1. The number of rotatable bonds is 6. The molecule has 0 aromatic rings. The highest BCUT2D eigenvalue weighted by molar-refractivity contribution is 5.78. The van der Waals surface area contributed by atoms with Crippen LogP contribution in [0.4, 0.5) is 0 Å². The highest BCUT2D eigenvalue weighted by atomic mass is 16.2. The highest BCUT2D eigenvalue weighted by Crippen LogP contribution is 2.25. The van der Waals surface area contributed by atoms with E-state index in [1.165, 1.54) is 12.8 Å². The molecule has 15 heavy (non-hydrogen) atoms. The third kappa shape index (κ3) is 4.20. The first-order valence-electron chi connectivity index (χ1n) is 5.92. The molecule has 1 amide bonds. The molecule has 3 heteroatoms. The van der Waals surface area contributed by atoms with Crippen LogP contribution >= 0.6 is 0 Å². The van der Waals surface area contributed by atoms with Crippen LogP contribution in [0.25, 0.3) is 0 Å². The molecular formula is C12H24N2O. The lowest BCUT2D eigenvalue weighted by atomic mass is 9.90. The summed E-state index contributed by atoms with van der Waals surface area (Å²) in [6.07, 6.45) is 3.50. The molecule has 1 aliphatic carbocycles. The van der Waals surface area contributed by atoms with E-state index in [2.05, 4.69) is 26.1 Å². The maximum absolute atomic E-state index is 11.7. The van der Waals surface area contributed by atoms with E-state index in [9.17, 15) is 4.79 Å². The third-order valence-corrected chi connectivity index (χ3v) is 3.32. The molecule has 0 aromatic carbocycles. The fraction of sp³-hybridized carbons (Fsp3) is 0.917. The molecule has 0 bridgehead atoms. The Morgan fingerprint density at radius 3 is 2.53 bits per heavy atom. The molecule has 0 aromatic heterocycles. The summed E-state index contributed by atoms with van der Waals surface area (Å²) in [4.78, 5) is 13.5. The minimum Gasteiger partial charge on any atom is -0.342 e. The molecule has 0 radical (unpaired) electrons. The van der Waals surface area contributed by atoms with Crippen LogP contribution in [0.15, 0.2) is 0 Å². The number of amides is 1. The van der Waals surface area contributed by atoms with Crippen molar-refractivity contribution in [2.75, 3.05) is 20.1 Å². The van der Waals surface area contributed by atoms with E-state index in [1.807, 2.05) is 11.9 Å². The van der Waals surface area contributed by atoms with Crippen LogP contribution in [-0.2, 0) is 4.79 Å². The first-order valence-corrected chi connectivity index (χ1v) is 5.92. The first kappa shape index (κ1) is 12.5. The predicted molar refractivity (Wildman–Crippen MR) is 62.7 cm³/mol. The van der Waals surface area contributed by atoms with Crippen LogP contribution in [0.2, 0.25) is 0 Å². The van der Waals surface area contributed by atoms with Gasteiger partial charge in [0.1, 0.15) is 0 Å². The Balaban J connectivity index is 2.16. The molecule has 1 N–H and O–H groups in total. The van der Waals surface area contributed by atoms with Crippen LogP contribution in [0, 0.1) is 5.41 Å². The van der Waals surface area contributed by atoms with E-state index in [1.54, 1.807) is 0 Å². The SMILES string of the molecule is CCC(C)(C)CNCC(=O)N(C)C1CC1. The van der Waals surface area contributed by atoms with Crippen LogP contribution in [0.3, 0.4) is 0 Å². The zero-order chi connectivity index (χ0) is 11.5. The van der Waals surface area contributed by atoms with Crippen molar-refractivity contribution in [3.63, 3.8) is 0 Å². The largest absolute Gasteiger partial charge is 0.342 e. The van der Waals surface area contributed by atoms with Gasteiger partial charge in [-0.15, -0.1) is 0 Å². The van der Waals surface area contributed by atoms with Crippen molar-refractivity contribution in [1.82, 2.24) is 10.2 Å². The summed E-state index contributed by atoms with van der Waals surface area (Å²) in [5.41, 5.74) is 0.290. The van der Waals surface area contributed by atoms with Gasteiger partial charge in [0, 0.05) is 19.6 Å². The summed E-state index contributed by atoms with van der Waals surface area (Å²) in [7, 11) is 1.91. The topological polar surface area (TPSA) is 32.3 Å². The molecule has 1 rings (SSSR count). The van der Waals surface area contributed by atoms with Gasteiger partial charge < -0.3 is 10.2 Å². The molecule has 3 nitrogen and oxygen atoms in total. The van der Waals surface area contributed by atoms with E-state index in [0.29, 0.717) is 18.0 Å². The van der Waals surface area contributed by atoms with Gasteiger partial charge in [0.2, 0.25) is 5.91 Å². The van der Waals surface area contributed by atoms with Crippen molar-refractivity contribution in [2.45, 2.75) is 46.1 Å². The number of carbonyl (C=O) groups excluding carboxylic acids is 1. The average molecular weight is 212 g/mol. The van der Waals surface area contributed by atoms with Crippen molar-refractivity contribution in [3.05, 3.63) is 0 Å². The Morgan fingerprint density at radius 2 is 2.07 bits per heavy atom. The Labute approximate surface area is 93.2 Å². The van der Waals surface area contributed by atoms with Gasteiger partial charge in [-0.3, -0.25) is 4.79 Å². The minimum atomic E-state index is 0.226. The van der Waals surface area contributed by atoms with Gasteiger partial charge >= 0.3 is 0 Å². The quantitative estimate of drug-likeness (QED) is 0.726. The first-order chi connectivity index (χ1) is 6.96. The third-order valence-electron chi connectivity index (χ3n) is 3.32. The number of hydrogen-bond donors (Lipinski definition) is 1. The van der Waals surface area contributed by atoms with Crippen molar-refractivity contribution >= 4 is 5.91 Å². The maximum Gasteiger partial charge on any atom is 0.236 e. The molecule has 1 aliphatic rings. The molecular weight excluding hydrogens is 188 g/mol. The average Bonchev–Trinajstić information content (AvgIpc) is 2.99. The Morgan fingerprint density at radius 1 is 1.47 bits per heavy atom. The van der Waals surface area contributed by atoms with Crippen LogP contribution in [-0.4, -0.2) is 37.0 Å². The molecule has 0 atom stereocenters. The zero-order valence-electron chi connectivity index (χ0n) is 10.5. The molecule has 1 fully saturated rings. The van der Waals surface area contributed by atoms with Crippen molar-refractivity contribution in [1.29, 1.82) is 0 Å². The number of carbonyl (C=O) groups is 1. The lowest BCUT2D eigenvalue weighted by molar-refractivity contribution is -0.129. The molecule has 88 valence electrons. The number of hydrogen-bond acceptors (Lipinski definition) is 2. The van der Waals surface area contributed by atoms with E-state index in [-0.39, 0.29) is 5.91 Å². The molecule has 1 saturated carbocycles.